The predicted molar refractivity (Wildman–Crippen MR) is 120 cm³/mol. The Morgan fingerprint density at radius 1 is 0.970 bits per heavy atom. The fraction of sp³-hybridized carbons (Fsp3) is 0.522. The van der Waals surface area contributed by atoms with Crippen molar-refractivity contribution in [3.05, 3.63) is 29.3 Å². The fourth-order valence-electron chi connectivity index (χ4n) is 4.21. The minimum Gasteiger partial charge on any atom is -0.465 e. The van der Waals surface area contributed by atoms with Crippen molar-refractivity contribution >= 4 is 35.4 Å². The molecule has 1 unspecified atom stereocenters. The molecule has 1 aromatic rings. The Morgan fingerprint density at radius 2 is 1.64 bits per heavy atom. The van der Waals surface area contributed by atoms with Gasteiger partial charge in [-0.1, -0.05) is 38.2 Å². The van der Waals surface area contributed by atoms with E-state index in [0.29, 0.717) is 18.8 Å². The molecule has 2 aliphatic rings. The number of nitrogens with one attached hydrogen (secondary N) is 3. The first kappa shape index (κ1) is 24.2. The zero-order valence-corrected chi connectivity index (χ0v) is 18.5. The fourth-order valence-corrected chi connectivity index (χ4v) is 4.21. The van der Waals surface area contributed by atoms with Gasteiger partial charge in [0.15, 0.2) is 0 Å². The van der Waals surface area contributed by atoms with Gasteiger partial charge in [-0.2, -0.15) is 0 Å². The highest BCUT2D eigenvalue weighted by atomic mass is 16.4. The zero-order valence-electron chi connectivity index (χ0n) is 18.5. The van der Waals surface area contributed by atoms with E-state index in [4.69, 9.17) is 5.11 Å². The predicted octanol–water partition coefficient (Wildman–Crippen LogP) is 2.50. The molecule has 33 heavy (non-hydrogen) atoms. The molecular formula is C23H30N4O6. The van der Waals surface area contributed by atoms with Gasteiger partial charge in [0.05, 0.1) is 11.1 Å². The van der Waals surface area contributed by atoms with Crippen molar-refractivity contribution in [3.63, 3.8) is 0 Å². The number of hydrogen-bond acceptors (Lipinski definition) is 6. The Balaban J connectivity index is 1.44. The largest absolute Gasteiger partial charge is 0.465 e. The molecule has 4 N–H and O–H groups in total. The molecule has 0 bridgehead atoms. The van der Waals surface area contributed by atoms with Gasteiger partial charge < -0.3 is 15.7 Å². The van der Waals surface area contributed by atoms with E-state index in [9.17, 15) is 24.0 Å². The maximum absolute atomic E-state index is 13.0. The van der Waals surface area contributed by atoms with Crippen molar-refractivity contribution in [2.24, 2.45) is 0 Å². The van der Waals surface area contributed by atoms with Gasteiger partial charge in [0.1, 0.15) is 6.04 Å². The molecule has 3 rings (SSSR count). The molecule has 0 spiro atoms. The highest BCUT2D eigenvalue weighted by Crippen LogP contribution is 2.32. The number of carbonyl (C=O) groups excluding carboxylic acids is 4. The number of hydrogen-bond donors (Lipinski definition) is 4. The van der Waals surface area contributed by atoms with Crippen LogP contribution >= 0.6 is 0 Å². The van der Waals surface area contributed by atoms with E-state index >= 15 is 0 Å². The summed E-state index contributed by atoms with van der Waals surface area (Å²) in [4.78, 5) is 60.8. The third kappa shape index (κ3) is 6.09. The standard InChI is InChI=1S/C23H30N4O6/c28-18-12-11-17(20(29)26-18)27-21(30)15-9-8-10-16(19(15)22(27)31)24-13-6-4-2-1-3-5-7-14-25-23(32)33/h8-10,17,24-25H,1-7,11-14H2,(H,32,33)(H,26,28,29). The number of nitrogens with zero attached hydrogens (tertiary/aromatic N) is 1. The van der Waals surface area contributed by atoms with Gasteiger partial charge >= 0.3 is 6.09 Å². The van der Waals surface area contributed by atoms with Crippen LogP contribution in [0.1, 0.15) is 78.5 Å². The molecule has 178 valence electrons. The van der Waals surface area contributed by atoms with Crippen LogP contribution < -0.4 is 16.0 Å². The van der Waals surface area contributed by atoms with E-state index in [-0.39, 0.29) is 24.0 Å². The van der Waals surface area contributed by atoms with Crippen LogP contribution in [-0.2, 0) is 9.59 Å². The molecule has 0 saturated carbocycles. The van der Waals surface area contributed by atoms with Crippen molar-refractivity contribution in [3.8, 4) is 0 Å². The Kier molecular flexibility index (Phi) is 8.39. The minimum absolute atomic E-state index is 0.0914. The zero-order chi connectivity index (χ0) is 23.8. The highest BCUT2D eigenvalue weighted by Gasteiger charge is 2.45. The Labute approximate surface area is 192 Å². The molecule has 1 atom stereocenters. The third-order valence-corrected chi connectivity index (χ3v) is 5.91. The van der Waals surface area contributed by atoms with Gasteiger partial charge in [-0.3, -0.25) is 29.4 Å². The molecule has 2 aliphatic heterocycles. The summed E-state index contributed by atoms with van der Waals surface area (Å²) in [7, 11) is 0. The van der Waals surface area contributed by atoms with E-state index in [1.165, 1.54) is 0 Å². The van der Waals surface area contributed by atoms with Crippen LogP contribution in [0.5, 0.6) is 0 Å². The van der Waals surface area contributed by atoms with Crippen LogP contribution in [0, 0.1) is 0 Å². The molecular weight excluding hydrogens is 428 g/mol. The van der Waals surface area contributed by atoms with Crippen LogP contribution in [0.4, 0.5) is 10.5 Å². The number of fused-ring (bicyclic) bond motifs is 1. The van der Waals surface area contributed by atoms with Gasteiger partial charge in [-0.15, -0.1) is 0 Å². The molecule has 0 aliphatic carbocycles. The lowest BCUT2D eigenvalue weighted by atomic mass is 10.0. The first-order valence-electron chi connectivity index (χ1n) is 11.5. The van der Waals surface area contributed by atoms with Crippen molar-refractivity contribution < 1.29 is 29.1 Å². The van der Waals surface area contributed by atoms with E-state index in [0.717, 1.165) is 49.8 Å². The number of unbranched alkanes of at least 4 members (excludes halogenated alkanes) is 6. The number of imide groups is 2. The summed E-state index contributed by atoms with van der Waals surface area (Å²) >= 11 is 0. The number of anilines is 1. The summed E-state index contributed by atoms with van der Waals surface area (Å²) in [6.07, 6.45) is 6.22. The van der Waals surface area contributed by atoms with Gasteiger partial charge in [0.2, 0.25) is 11.8 Å². The maximum atomic E-state index is 13.0. The maximum Gasteiger partial charge on any atom is 0.404 e. The van der Waals surface area contributed by atoms with Crippen LogP contribution in [-0.4, -0.2) is 58.9 Å². The lowest BCUT2D eigenvalue weighted by Gasteiger charge is -2.27. The summed E-state index contributed by atoms with van der Waals surface area (Å²) in [6, 6.07) is 4.07. The summed E-state index contributed by atoms with van der Waals surface area (Å²) in [5.74, 6) is -2.03. The van der Waals surface area contributed by atoms with Crippen LogP contribution in [0.3, 0.4) is 0 Å². The summed E-state index contributed by atoms with van der Waals surface area (Å²) in [5, 5.41) is 16.3. The lowest BCUT2D eigenvalue weighted by molar-refractivity contribution is -0.136. The van der Waals surface area contributed by atoms with E-state index in [1.807, 2.05) is 0 Å². The second-order valence-electron chi connectivity index (χ2n) is 8.31. The third-order valence-electron chi connectivity index (χ3n) is 5.91. The highest BCUT2D eigenvalue weighted by molar-refractivity contribution is 6.25. The van der Waals surface area contributed by atoms with Gasteiger partial charge in [0.25, 0.3) is 11.8 Å². The SMILES string of the molecule is O=C(O)NCCCCCCCCCNc1cccc2c1C(=O)N(C1CCC(=O)NC1=O)C2=O. The average Bonchev–Trinajstić information content (AvgIpc) is 3.03. The summed E-state index contributed by atoms with van der Waals surface area (Å²) in [6.45, 7) is 1.14. The molecule has 5 amide bonds. The second-order valence-corrected chi connectivity index (χ2v) is 8.31. The summed E-state index contributed by atoms with van der Waals surface area (Å²) in [5.41, 5.74) is 1.13. The monoisotopic (exact) mass is 458 g/mol. The number of carbonyl (C=O) groups is 5. The Bertz CT molecular complexity index is 932. The first-order chi connectivity index (χ1) is 15.9. The summed E-state index contributed by atoms with van der Waals surface area (Å²) < 4.78 is 0. The lowest BCUT2D eigenvalue weighted by Crippen LogP contribution is -2.54. The van der Waals surface area contributed by atoms with E-state index in [1.54, 1.807) is 18.2 Å². The van der Waals surface area contributed by atoms with Crippen molar-refractivity contribution in [1.82, 2.24) is 15.5 Å². The van der Waals surface area contributed by atoms with Crippen LogP contribution in [0.15, 0.2) is 18.2 Å². The second kappa shape index (κ2) is 11.4. The van der Waals surface area contributed by atoms with Crippen molar-refractivity contribution in [2.45, 2.75) is 63.8 Å². The molecule has 1 fully saturated rings. The van der Waals surface area contributed by atoms with Crippen LogP contribution in [0.2, 0.25) is 0 Å². The first-order valence-corrected chi connectivity index (χ1v) is 11.5. The van der Waals surface area contributed by atoms with Gasteiger partial charge in [-0.25, -0.2) is 4.79 Å². The van der Waals surface area contributed by atoms with Crippen LogP contribution in [0.25, 0.3) is 0 Å². The van der Waals surface area contributed by atoms with Gasteiger partial charge in [-0.05, 0) is 31.4 Å². The Morgan fingerprint density at radius 3 is 2.30 bits per heavy atom. The average molecular weight is 459 g/mol. The number of piperidine rings is 1. The van der Waals surface area contributed by atoms with E-state index < -0.39 is 35.8 Å². The molecule has 10 heteroatoms. The van der Waals surface area contributed by atoms with Crippen molar-refractivity contribution in [1.29, 1.82) is 0 Å². The normalized spacial score (nSPS) is 17.7. The minimum atomic E-state index is -0.985. The molecule has 1 aromatic carbocycles. The molecule has 10 nitrogen and oxygen atoms in total. The van der Waals surface area contributed by atoms with E-state index in [2.05, 4.69) is 16.0 Å². The molecule has 2 heterocycles. The molecule has 1 saturated heterocycles. The Hall–Kier alpha value is -3.43. The number of amides is 5. The number of rotatable bonds is 12. The quantitative estimate of drug-likeness (QED) is 0.278. The number of benzene rings is 1. The molecule has 0 radical (unpaired) electrons. The smallest absolute Gasteiger partial charge is 0.404 e. The molecule has 0 aromatic heterocycles. The van der Waals surface area contributed by atoms with Crippen molar-refractivity contribution in [2.75, 3.05) is 18.4 Å². The number of carboxylic acid groups (broad SMARTS) is 1. The topological polar surface area (TPSA) is 145 Å². The van der Waals surface area contributed by atoms with Gasteiger partial charge in [0, 0.05) is 25.2 Å².